The van der Waals surface area contributed by atoms with Gasteiger partial charge >= 0.3 is 6.18 Å². The summed E-state index contributed by atoms with van der Waals surface area (Å²) in [4.78, 5) is 7.53. The van der Waals surface area contributed by atoms with E-state index in [0.717, 1.165) is 38.6 Å². The van der Waals surface area contributed by atoms with E-state index in [2.05, 4.69) is 15.4 Å². The number of anilines is 1. The Morgan fingerprint density at radius 3 is 2.53 bits per heavy atom. The predicted molar refractivity (Wildman–Crippen MR) is 119 cm³/mol. The van der Waals surface area contributed by atoms with E-state index in [0.29, 0.717) is 17.8 Å². The number of aromatic nitrogens is 5. The number of nitrogens with zero attached hydrogens (tertiary/aromatic N) is 7. The summed E-state index contributed by atoms with van der Waals surface area (Å²) in [6.07, 6.45) is 6.90. The van der Waals surface area contributed by atoms with E-state index >= 15 is 0 Å². The van der Waals surface area contributed by atoms with Gasteiger partial charge in [-0.3, -0.25) is 4.98 Å². The number of aryl methyl sites for hydroxylation is 2. The zero-order valence-electron chi connectivity index (χ0n) is 18.4. The van der Waals surface area contributed by atoms with Crippen LogP contribution in [0.3, 0.4) is 0 Å². The Morgan fingerprint density at radius 2 is 1.88 bits per heavy atom. The molecule has 0 N–H and O–H groups in total. The van der Waals surface area contributed by atoms with Gasteiger partial charge in [-0.2, -0.15) is 23.4 Å². The first-order valence-corrected chi connectivity index (χ1v) is 10.4. The normalized spacial score (nSPS) is 13.9. The molecular weight excluding hydrogens is 447 g/mol. The zero-order valence-corrected chi connectivity index (χ0v) is 18.4. The Labute approximate surface area is 192 Å². The summed E-state index contributed by atoms with van der Waals surface area (Å²) < 4.78 is 45.5. The molecule has 4 aromatic rings. The average molecular weight is 467 g/mol. The van der Waals surface area contributed by atoms with E-state index in [-0.39, 0.29) is 0 Å². The number of alkyl halides is 3. The van der Waals surface area contributed by atoms with Gasteiger partial charge in [0.15, 0.2) is 0 Å². The molecule has 5 rings (SSSR count). The fourth-order valence-corrected chi connectivity index (χ4v) is 3.98. The highest BCUT2D eigenvalue weighted by atomic mass is 19.4. The zero-order chi connectivity index (χ0) is 23.9. The highest BCUT2D eigenvalue weighted by Crippen LogP contribution is 2.34. The second-order valence-corrected chi connectivity index (χ2v) is 7.94. The van der Waals surface area contributed by atoms with Crippen LogP contribution in [0.5, 0.6) is 0 Å². The Morgan fingerprint density at radius 1 is 1.09 bits per heavy atom. The van der Waals surface area contributed by atoms with Crippen LogP contribution in [0.25, 0.3) is 22.2 Å². The number of fused-ring (bicyclic) bond motifs is 1. The van der Waals surface area contributed by atoms with Crippen molar-refractivity contribution in [1.82, 2.24) is 29.8 Å². The Balaban J connectivity index is 1.56. The molecule has 4 aromatic heterocycles. The van der Waals surface area contributed by atoms with Gasteiger partial charge in [0.25, 0.3) is 0 Å². The molecule has 174 valence electrons. The van der Waals surface area contributed by atoms with E-state index < -0.39 is 12.7 Å². The van der Waals surface area contributed by atoms with E-state index in [4.69, 9.17) is 9.51 Å². The summed E-state index contributed by atoms with van der Waals surface area (Å²) in [6, 6.07) is 5.69. The summed E-state index contributed by atoms with van der Waals surface area (Å²) in [5.74, 6) is 0.692. The van der Waals surface area contributed by atoms with Crippen molar-refractivity contribution in [2.45, 2.75) is 26.6 Å². The number of halogens is 3. The molecular formula is C23H20F3N7O. The fraction of sp³-hybridized carbons (Fsp3) is 0.217. The van der Waals surface area contributed by atoms with Crippen molar-refractivity contribution in [3.63, 3.8) is 0 Å². The standard InChI is InChI=1S/C23H20F3N7O/c1-15-21(16(2)34-30-15)17-10-19-22(27-11-17)20(13-33(19)12-18-4-3-5-28-29-18)32-8-6-31(7-9-32)14-23(24,25)26/h3-11,13H,12,14H2,1-2H3. The van der Waals surface area contributed by atoms with Crippen LogP contribution in [0.15, 0.2) is 66.1 Å². The molecule has 0 bridgehead atoms. The molecule has 0 aromatic carbocycles. The molecule has 34 heavy (non-hydrogen) atoms. The molecule has 0 saturated heterocycles. The van der Waals surface area contributed by atoms with Crippen molar-refractivity contribution < 1.29 is 17.7 Å². The smallest absolute Gasteiger partial charge is 0.361 e. The molecule has 5 heterocycles. The lowest BCUT2D eigenvalue weighted by Gasteiger charge is -2.25. The van der Waals surface area contributed by atoms with Crippen LogP contribution in [0.1, 0.15) is 17.1 Å². The van der Waals surface area contributed by atoms with Crippen LogP contribution in [0, 0.1) is 13.8 Å². The number of rotatable bonds is 5. The molecule has 1 aliphatic rings. The lowest BCUT2D eigenvalue weighted by atomic mass is 10.1. The minimum Gasteiger partial charge on any atom is -0.361 e. The van der Waals surface area contributed by atoms with Crippen LogP contribution in [0.2, 0.25) is 0 Å². The largest absolute Gasteiger partial charge is 0.406 e. The monoisotopic (exact) mass is 467 g/mol. The summed E-state index contributed by atoms with van der Waals surface area (Å²) in [7, 11) is 0. The van der Waals surface area contributed by atoms with Crippen molar-refractivity contribution >= 4 is 16.7 Å². The molecule has 8 nitrogen and oxygen atoms in total. The fourth-order valence-electron chi connectivity index (χ4n) is 3.98. The van der Waals surface area contributed by atoms with Crippen LogP contribution in [-0.2, 0) is 6.54 Å². The third kappa shape index (κ3) is 4.24. The molecule has 1 aliphatic heterocycles. The highest BCUT2D eigenvalue weighted by molar-refractivity contribution is 5.93. The van der Waals surface area contributed by atoms with E-state index in [9.17, 15) is 13.2 Å². The maximum absolute atomic E-state index is 12.7. The number of hydrogen-bond acceptors (Lipinski definition) is 7. The number of pyridine rings is 1. The first kappa shape index (κ1) is 21.7. The van der Waals surface area contributed by atoms with Crippen LogP contribution < -0.4 is 4.90 Å². The Bertz CT molecular complexity index is 1360. The highest BCUT2D eigenvalue weighted by Gasteiger charge is 2.30. The lowest BCUT2D eigenvalue weighted by Crippen LogP contribution is -2.29. The first-order valence-electron chi connectivity index (χ1n) is 10.4. The van der Waals surface area contributed by atoms with Crippen LogP contribution >= 0.6 is 0 Å². The second-order valence-electron chi connectivity index (χ2n) is 7.94. The van der Waals surface area contributed by atoms with E-state index in [1.54, 1.807) is 29.7 Å². The van der Waals surface area contributed by atoms with Crippen LogP contribution in [-0.4, -0.2) is 42.5 Å². The van der Waals surface area contributed by atoms with Gasteiger partial charge in [-0.1, -0.05) is 5.16 Å². The third-order valence-electron chi connectivity index (χ3n) is 5.46. The minimum atomic E-state index is -4.29. The Kier molecular flexibility index (Phi) is 5.31. The van der Waals surface area contributed by atoms with Crippen molar-refractivity contribution in [1.29, 1.82) is 0 Å². The average Bonchev–Trinajstić information content (AvgIpc) is 3.33. The summed E-state index contributed by atoms with van der Waals surface area (Å²) >= 11 is 0. The van der Waals surface area contributed by atoms with Crippen LogP contribution in [0.4, 0.5) is 18.9 Å². The van der Waals surface area contributed by atoms with E-state index in [1.807, 2.05) is 42.8 Å². The lowest BCUT2D eigenvalue weighted by molar-refractivity contribution is -0.136. The molecule has 0 saturated carbocycles. The van der Waals surface area contributed by atoms with Gasteiger partial charge in [-0.05, 0) is 32.0 Å². The minimum absolute atomic E-state index is 0.443. The molecule has 11 heteroatoms. The third-order valence-corrected chi connectivity index (χ3v) is 5.46. The van der Waals surface area contributed by atoms with Gasteiger partial charge in [0.05, 0.1) is 29.1 Å². The molecule has 0 amide bonds. The molecule has 0 fully saturated rings. The van der Waals surface area contributed by atoms with Crippen molar-refractivity contribution in [2.24, 2.45) is 0 Å². The van der Waals surface area contributed by atoms with Gasteiger partial charge in [0.2, 0.25) is 0 Å². The topological polar surface area (TPSA) is 76.1 Å². The SMILES string of the molecule is Cc1noc(C)c1-c1cnc2c(N3C=CN(CC(F)(F)F)C=C3)cn(Cc3cccnn3)c2c1. The summed E-state index contributed by atoms with van der Waals surface area (Å²) in [6.45, 7) is 3.11. The molecule has 0 aliphatic carbocycles. The molecule has 0 spiro atoms. The quantitative estimate of drug-likeness (QED) is 0.418. The van der Waals surface area contributed by atoms with Gasteiger partial charge in [0, 0.05) is 54.5 Å². The van der Waals surface area contributed by atoms with Gasteiger partial charge < -0.3 is 18.9 Å². The maximum Gasteiger partial charge on any atom is 0.406 e. The molecule has 0 atom stereocenters. The molecule has 0 unspecified atom stereocenters. The van der Waals surface area contributed by atoms with Crippen molar-refractivity contribution in [2.75, 3.05) is 11.4 Å². The van der Waals surface area contributed by atoms with E-state index in [1.165, 1.54) is 12.4 Å². The first-order chi connectivity index (χ1) is 16.3. The van der Waals surface area contributed by atoms with Crippen molar-refractivity contribution in [3.05, 3.63) is 78.7 Å². The maximum atomic E-state index is 12.7. The number of hydrogen-bond donors (Lipinski definition) is 0. The molecule has 0 radical (unpaired) electrons. The van der Waals surface area contributed by atoms with Gasteiger partial charge in [-0.25, -0.2) is 0 Å². The van der Waals surface area contributed by atoms with Gasteiger partial charge in [-0.15, -0.1) is 0 Å². The van der Waals surface area contributed by atoms with Crippen molar-refractivity contribution in [3.8, 4) is 11.1 Å². The Hall–Kier alpha value is -4.15. The summed E-state index contributed by atoms with van der Waals surface area (Å²) in [5.41, 5.74) is 5.50. The summed E-state index contributed by atoms with van der Waals surface area (Å²) in [5, 5.41) is 12.2. The second kappa shape index (κ2) is 8.32. The predicted octanol–water partition coefficient (Wildman–Crippen LogP) is 4.77. The van der Waals surface area contributed by atoms with Gasteiger partial charge in [0.1, 0.15) is 17.8 Å².